The molecule has 0 aromatic rings. The number of carbonyl (C=O) groups excluding carboxylic acids is 2. The van der Waals surface area contributed by atoms with E-state index in [0.29, 0.717) is 6.42 Å². The second-order valence-corrected chi connectivity index (χ2v) is 6.60. The maximum Gasteiger partial charge on any atom is 0.312 e. The lowest BCUT2D eigenvalue weighted by Crippen LogP contribution is -2.50. The van der Waals surface area contributed by atoms with Gasteiger partial charge in [-0.25, -0.2) is 0 Å². The topological polar surface area (TPSA) is 124 Å². The van der Waals surface area contributed by atoms with Gasteiger partial charge in [-0.1, -0.05) is 20.8 Å². The van der Waals surface area contributed by atoms with Crippen LogP contribution in [-0.4, -0.2) is 63.7 Å². The number of aliphatic hydroxyl groups is 4. The lowest BCUT2D eigenvalue weighted by atomic mass is 9.66. The molecule has 7 nitrogen and oxygen atoms in total. The van der Waals surface area contributed by atoms with Crippen LogP contribution in [0, 0.1) is 10.8 Å². The van der Waals surface area contributed by atoms with E-state index in [1.165, 1.54) is 0 Å². The highest BCUT2D eigenvalue weighted by atomic mass is 16.6. The highest BCUT2D eigenvalue weighted by Crippen LogP contribution is 2.42. The Balaban J connectivity index is 5.10. The summed E-state index contributed by atoms with van der Waals surface area (Å²) in [4.78, 5) is 23.4. The molecule has 0 aliphatic carbocycles. The average Bonchev–Trinajstić information content (AvgIpc) is 2.49. The van der Waals surface area contributed by atoms with Crippen molar-refractivity contribution in [3.05, 3.63) is 0 Å². The fourth-order valence-corrected chi connectivity index (χ4v) is 1.70. The largest absolute Gasteiger partial charge is 0.451 e. The zero-order valence-electron chi connectivity index (χ0n) is 13.8. The van der Waals surface area contributed by atoms with Crippen LogP contribution < -0.4 is 0 Å². The zero-order chi connectivity index (χ0) is 17.7. The van der Waals surface area contributed by atoms with Crippen molar-refractivity contribution >= 4 is 12.3 Å². The van der Waals surface area contributed by atoms with E-state index in [9.17, 15) is 24.9 Å². The van der Waals surface area contributed by atoms with Crippen LogP contribution >= 0.6 is 0 Å². The highest BCUT2D eigenvalue weighted by Gasteiger charge is 2.45. The second kappa shape index (κ2) is 8.01. The molecule has 4 N–H and O–H groups in total. The van der Waals surface area contributed by atoms with Crippen molar-refractivity contribution in [1.82, 2.24) is 0 Å². The van der Waals surface area contributed by atoms with E-state index in [-0.39, 0.29) is 6.29 Å². The van der Waals surface area contributed by atoms with Crippen molar-refractivity contribution in [3.8, 4) is 0 Å². The van der Waals surface area contributed by atoms with Gasteiger partial charge in [0.1, 0.15) is 18.3 Å². The maximum atomic E-state index is 12.3. The molecule has 4 atom stereocenters. The van der Waals surface area contributed by atoms with E-state index in [4.69, 9.17) is 9.84 Å². The first-order valence-corrected chi connectivity index (χ1v) is 7.27. The van der Waals surface area contributed by atoms with E-state index in [2.05, 4.69) is 0 Å². The number of aldehydes is 1. The molecule has 0 aromatic heterocycles. The van der Waals surface area contributed by atoms with Gasteiger partial charge >= 0.3 is 5.97 Å². The Labute approximate surface area is 130 Å². The number of hydrogen-bond acceptors (Lipinski definition) is 7. The normalized spacial score (nSPS) is 18.2. The third-order valence-corrected chi connectivity index (χ3v) is 4.73. The minimum Gasteiger partial charge on any atom is -0.451 e. The molecule has 0 aromatic carbocycles. The SMILES string of the molecule is CCC(C)(C)C(C)(C)C(=O)O[C@@H](C=O)[C@@H](O)[C@H](O)[C@H](O)CO. The molecule has 0 amide bonds. The van der Waals surface area contributed by atoms with Crippen molar-refractivity contribution in [1.29, 1.82) is 0 Å². The van der Waals surface area contributed by atoms with Gasteiger partial charge in [0.05, 0.1) is 12.0 Å². The van der Waals surface area contributed by atoms with Crippen LogP contribution in [-0.2, 0) is 14.3 Å². The quantitative estimate of drug-likeness (QED) is 0.337. The molecule has 0 radical (unpaired) electrons. The summed E-state index contributed by atoms with van der Waals surface area (Å²) in [5.74, 6) is -0.693. The average molecular weight is 320 g/mol. The van der Waals surface area contributed by atoms with Gasteiger partial charge in [-0.05, 0) is 25.7 Å². The molecule has 22 heavy (non-hydrogen) atoms. The molecule has 7 heteroatoms. The lowest BCUT2D eigenvalue weighted by molar-refractivity contribution is -0.181. The molecule has 0 spiro atoms. The molecule has 0 rings (SSSR count). The van der Waals surface area contributed by atoms with Gasteiger partial charge in [-0.3, -0.25) is 9.59 Å². The van der Waals surface area contributed by atoms with Crippen LogP contribution in [0.5, 0.6) is 0 Å². The van der Waals surface area contributed by atoms with Gasteiger partial charge in [-0.15, -0.1) is 0 Å². The predicted octanol–water partition coefficient (Wildman–Crippen LogP) is -0.366. The third-order valence-electron chi connectivity index (χ3n) is 4.73. The first-order valence-electron chi connectivity index (χ1n) is 7.27. The van der Waals surface area contributed by atoms with E-state index in [0.717, 1.165) is 0 Å². The monoisotopic (exact) mass is 320 g/mol. The summed E-state index contributed by atoms with van der Waals surface area (Å²) in [7, 11) is 0. The molecule has 130 valence electrons. The first kappa shape index (κ1) is 21.0. The number of ether oxygens (including phenoxy) is 1. The number of esters is 1. The fourth-order valence-electron chi connectivity index (χ4n) is 1.70. The Hall–Kier alpha value is -1.02. The molecule has 0 heterocycles. The van der Waals surface area contributed by atoms with Crippen LogP contribution in [0.15, 0.2) is 0 Å². The third kappa shape index (κ3) is 4.49. The van der Waals surface area contributed by atoms with E-state index in [1.807, 2.05) is 20.8 Å². The van der Waals surface area contributed by atoms with Crippen molar-refractivity contribution in [2.24, 2.45) is 10.8 Å². The Kier molecular flexibility index (Phi) is 7.64. The smallest absolute Gasteiger partial charge is 0.312 e. The van der Waals surface area contributed by atoms with Gasteiger partial charge in [0.2, 0.25) is 0 Å². The minimum absolute atomic E-state index is 0.185. The summed E-state index contributed by atoms with van der Waals surface area (Å²) in [6, 6.07) is 0. The van der Waals surface area contributed by atoms with Crippen molar-refractivity contribution in [2.45, 2.75) is 65.5 Å². The fraction of sp³-hybridized carbons (Fsp3) is 0.867. The summed E-state index contributed by atoms with van der Waals surface area (Å²) < 4.78 is 5.02. The zero-order valence-corrected chi connectivity index (χ0v) is 13.8. The van der Waals surface area contributed by atoms with Crippen LogP contribution in [0.2, 0.25) is 0 Å². The molecular formula is C15H28O7. The van der Waals surface area contributed by atoms with Crippen LogP contribution in [0.1, 0.15) is 41.0 Å². The molecule has 0 saturated carbocycles. The molecular weight excluding hydrogens is 292 g/mol. The minimum atomic E-state index is -1.83. The standard InChI is InChI=1S/C15H28O7/c1-6-14(2,3)15(4,5)13(21)22-10(8-17)12(20)11(19)9(18)7-16/h8-12,16,18-20H,6-7H2,1-5H3/t9-,10+,11-,12-/m1/s1. The lowest BCUT2D eigenvalue weighted by Gasteiger charge is -2.39. The summed E-state index contributed by atoms with van der Waals surface area (Å²) in [5, 5.41) is 37.5. The summed E-state index contributed by atoms with van der Waals surface area (Å²) in [6.45, 7) is 8.22. The number of aliphatic hydroxyl groups excluding tert-OH is 4. The molecule has 0 unspecified atom stereocenters. The van der Waals surface area contributed by atoms with Gasteiger partial charge in [0, 0.05) is 0 Å². The molecule has 0 bridgehead atoms. The number of hydrogen-bond donors (Lipinski definition) is 4. The summed E-state index contributed by atoms with van der Waals surface area (Å²) >= 11 is 0. The van der Waals surface area contributed by atoms with Crippen LogP contribution in [0.4, 0.5) is 0 Å². The molecule has 0 saturated heterocycles. The van der Waals surface area contributed by atoms with Crippen LogP contribution in [0.3, 0.4) is 0 Å². The highest BCUT2D eigenvalue weighted by molar-refractivity contribution is 5.79. The summed E-state index contributed by atoms with van der Waals surface area (Å²) in [6.07, 6.45) is -6.04. The second-order valence-electron chi connectivity index (χ2n) is 6.60. The first-order chi connectivity index (χ1) is 9.96. The maximum absolute atomic E-state index is 12.3. The van der Waals surface area contributed by atoms with E-state index >= 15 is 0 Å². The van der Waals surface area contributed by atoms with Crippen molar-refractivity contribution < 1.29 is 34.8 Å². The van der Waals surface area contributed by atoms with Crippen molar-refractivity contribution in [3.63, 3.8) is 0 Å². The molecule has 0 aliphatic rings. The van der Waals surface area contributed by atoms with Crippen LogP contribution in [0.25, 0.3) is 0 Å². The Morgan fingerprint density at radius 3 is 2.00 bits per heavy atom. The Morgan fingerprint density at radius 2 is 1.64 bits per heavy atom. The van der Waals surface area contributed by atoms with Gasteiger partial charge in [0.25, 0.3) is 0 Å². The van der Waals surface area contributed by atoms with E-state index < -0.39 is 47.8 Å². The van der Waals surface area contributed by atoms with Gasteiger partial charge in [-0.2, -0.15) is 0 Å². The molecule has 0 fully saturated rings. The summed E-state index contributed by atoms with van der Waals surface area (Å²) in [5.41, 5.74) is -1.34. The molecule has 0 aliphatic heterocycles. The Morgan fingerprint density at radius 1 is 1.14 bits per heavy atom. The Bertz CT molecular complexity index is 378. The van der Waals surface area contributed by atoms with Gasteiger partial charge in [0.15, 0.2) is 12.4 Å². The number of carbonyl (C=O) groups is 2. The number of rotatable bonds is 9. The van der Waals surface area contributed by atoms with E-state index in [1.54, 1.807) is 13.8 Å². The van der Waals surface area contributed by atoms with Crippen molar-refractivity contribution in [2.75, 3.05) is 6.61 Å². The van der Waals surface area contributed by atoms with Gasteiger partial charge < -0.3 is 25.2 Å². The predicted molar refractivity (Wildman–Crippen MR) is 78.9 cm³/mol.